The third-order valence-electron chi connectivity index (χ3n) is 4.52. The van der Waals surface area contributed by atoms with Crippen LogP contribution in [0, 0.1) is 20.8 Å². The molecule has 2 aromatic carbocycles. The second kappa shape index (κ2) is 9.69. The Morgan fingerprint density at radius 3 is 2.41 bits per heavy atom. The lowest BCUT2D eigenvalue weighted by atomic mass is 10.1. The van der Waals surface area contributed by atoms with Gasteiger partial charge in [-0.25, -0.2) is 14.3 Å². The van der Waals surface area contributed by atoms with Gasteiger partial charge in [-0.2, -0.15) is 5.10 Å². The van der Waals surface area contributed by atoms with Crippen LogP contribution < -0.4 is 16.1 Å². The van der Waals surface area contributed by atoms with Crippen LogP contribution in [0.3, 0.4) is 0 Å². The highest BCUT2D eigenvalue weighted by molar-refractivity contribution is 6.02. The Bertz CT molecular complexity index is 1230. The summed E-state index contributed by atoms with van der Waals surface area (Å²) < 4.78 is 6.31. The predicted octanol–water partition coefficient (Wildman–Crippen LogP) is 2.66. The normalized spacial score (nSPS) is 10.3. The van der Waals surface area contributed by atoms with E-state index < -0.39 is 35.6 Å². The summed E-state index contributed by atoms with van der Waals surface area (Å²) in [6.45, 7) is 4.67. The highest BCUT2D eigenvalue weighted by Gasteiger charge is 2.19. The number of nitrogens with one attached hydrogen (secondary N) is 2. The summed E-state index contributed by atoms with van der Waals surface area (Å²) in [6, 6.07) is 14.9. The number of carbonyl (C=O) groups is 3. The van der Waals surface area contributed by atoms with E-state index >= 15 is 0 Å². The van der Waals surface area contributed by atoms with E-state index in [4.69, 9.17) is 4.74 Å². The van der Waals surface area contributed by atoms with E-state index in [0.717, 1.165) is 11.1 Å². The number of para-hydroxylation sites is 1. The maximum absolute atomic E-state index is 12.3. The van der Waals surface area contributed by atoms with Crippen molar-refractivity contribution in [3.8, 4) is 5.69 Å². The van der Waals surface area contributed by atoms with Gasteiger partial charge >= 0.3 is 12.0 Å². The molecule has 0 bridgehead atoms. The van der Waals surface area contributed by atoms with Crippen LogP contribution in [0.25, 0.3) is 5.69 Å². The van der Waals surface area contributed by atoms with Gasteiger partial charge in [-0.1, -0.05) is 35.9 Å². The number of hydrogen-bond donors (Lipinski definition) is 2. The molecule has 0 atom stereocenters. The van der Waals surface area contributed by atoms with Crippen molar-refractivity contribution in [1.82, 2.24) is 15.1 Å². The monoisotopic (exact) mass is 434 g/mol. The molecule has 0 radical (unpaired) electrons. The minimum absolute atomic E-state index is 0.466. The fourth-order valence-corrected chi connectivity index (χ4v) is 2.99. The van der Waals surface area contributed by atoms with Crippen molar-refractivity contribution in [3.63, 3.8) is 0 Å². The van der Waals surface area contributed by atoms with Crippen LogP contribution in [0.5, 0.6) is 0 Å². The number of amides is 3. The molecule has 164 valence electrons. The van der Waals surface area contributed by atoms with Crippen LogP contribution in [0.4, 0.5) is 10.5 Å². The van der Waals surface area contributed by atoms with Gasteiger partial charge in [-0.05, 0) is 44.5 Å². The van der Waals surface area contributed by atoms with Gasteiger partial charge in [0.1, 0.15) is 0 Å². The third kappa shape index (κ3) is 5.45. The number of benzene rings is 2. The van der Waals surface area contributed by atoms with Crippen LogP contribution in [0.2, 0.25) is 0 Å². The van der Waals surface area contributed by atoms with Crippen LogP contribution in [-0.2, 0) is 9.53 Å². The van der Waals surface area contributed by atoms with Gasteiger partial charge in [-0.15, -0.1) is 0 Å². The minimum Gasteiger partial charge on any atom is -0.451 e. The summed E-state index contributed by atoms with van der Waals surface area (Å²) in [5, 5.41) is 8.69. The molecule has 32 heavy (non-hydrogen) atoms. The summed E-state index contributed by atoms with van der Waals surface area (Å²) in [4.78, 5) is 48.6. The largest absolute Gasteiger partial charge is 0.451 e. The van der Waals surface area contributed by atoms with E-state index in [9.17, 15) is 19.2 Å². The summed E-state index contributed by atoms with van der Waals surface area (Å²) in [6.07, 6.45) is 0. The van der Waals surface area contributed by atoms with E-state index in [0.29, 0.717) is 17.1 Å². The van der Waals surface area contributed by atoms with Gasteiger partial charge in [0.15, 0.2) is 6.61 Å². The molecule has 0 fully saturated rings. The van der Waals surface area contributed by atoms with Crippen molar-refractivity contribution in [2.24, 2.45) is 0 Å². The first-order valence-electron chi connectivity index (χ1n) is 9.76. The Labute approximate surface area is 184 Å². The second-order valence-corrected chi connectivity index (χ2v) is 7.14. The summed E-state index contributed by atoms with van der Waals surface area (Å²) in [5.74, 6) is -1.92. The van der Waals surface area contributed by atoms with E-state index in [1.54, 1.807) is 37.3 Å². The van der Waals surface area contributed by atoms with E-state index in [1.165, 1.54) is 10.7 Å². The molecular formula is C23H22N4O5. The lowest BCUT2D eigenvalue weighted by Gasteiger charge is -2.11. The molecule has 3 rings (SSSR count). The van der Waals surface area contributed by atoms with Crippen LogP contribution in [-0.4, -0.2) is 34.3 Å². The molecule has 3 aromatic rings. The van der Waals surface area contributed by atoms with Crippen LogP contribution >= 0.6 is 0 Å². The predicted molar refractivity (Wildman–Crippen MR) is 118 cm³/mol. The van der Waals surface area contributed by atoms with E-state index in [1.807, 2.05) is 32.0 Å². The molecule has 0 unspecified atom stereocenters. The number of anilines is 1. The number of esters is 1. The lowest BCUT2D eigenvalue weighted by Crippen LogP contribution is -2.37. The molecule has 2 N–H and O–H groups in total. The Morgan fingerprint density at radius 1 is 1.00 bits per heavy atom. The first kappa shape index (κ1) is 22.4. The molecule has 0 saturated carbocycles. The molecule has 0 aliphatic heterocycles. The molecule has 3 amide bonds. The zero-order chi connectivity index (χ0) is 23.3. The highest BCUT2D eigenvalue weighted by Crippen LogP contribution is 2.15. The molecular weight excluding hydrogens is 412 g/mol. The number of nitrogens with zero attached hydrogens (tertiary/aromatic N) is 2. The van der Waals surface area contributed by atoms with Crippen LogP contribution in [0.15, 0.2) is 59.4 Å². The molecule has 1 heterocycles. The molecule has 0 spiro atoms. The number of hydrogen-bond acceptors (Lipinski definition) is 6. The molecule has 0 aliphatic rings. The van der Waals surface area contributed by atoms with Gasteiger partial charge in [0, 0.05) is 17.4 Å². The summed E-state index contributed by atoms with van der Waals surface area (Å²) in [7, 11) is 0. The zero-order valence-electron chi connectivity index (χ0n) is 17.8. The number of urea groups is 1. The number of imide groups is 1. The molecule has 0 aliphatic carbocycles. The average molecular weight is 434 g/mol. The number of aromatic nitrogens is 2. The molecule has 9 nitrogen and oxygen atoms in total. The van der Waals surface area contributed by atoms with Gasteiger partial charge < -0.3 is 10.1 Å². The van der Waals surface area contributed by atoms with Crippen molar-refractivity contribution in [1.29, 1.82) is 0 Å². The van der Waals surface area contributed by atoms with Crippen molar-refractivity contribution >= 4 is 23.6 Å². The first-order valence-corrected chi connectivity index (χ1v) is 9.76. The van der Waals surface area contributed by atoms with Crippen molar-refractivity contribution in [3.05, 3.63) is 87.3 Å². The van der Waals surface area contributed by atoms with Gasteiger partial charge in [0.25, 0.3) is 5.91 Å². The van der Waals surface area contributed by atoms with Gasteiger partial charge in [0.2, 0.25) is 11.1 Å². The topological polar surface area (TPSA) is 119 Å². The van der Waals surface area contributed by atoms with Crippen molar-refractivity contribution in [2.75, 3.05) is 11.9 Å². The average Bonchev–Trinajstić information content (AvgIpc) is 2.75. The number of aryl methyl sites for hydroxylation is 3. The molecule has 1 aromatic heterocycles. The minimum atomic E-state index is -1.07. The Kier molecular flexibility index (Phi) is 6.79. The molecule has 0 saturated heterocycles. The number of rotatable bonds is 5. The SMILES string of the molecule is Cc1ccc(NC(=O)NC(=O)COC(=O)c2nn(-c3ccccc3)c(C)cc2=O)c(C)c1. The summed E-state index contributed by atoms with van der Waals surface area (Å²) in [5.41, 5.74) is 2.49. The van der Waals surface area contributed by atoms with Gasteiger partial charge in [-0.3, -0.25) is 14.9 Å². The fourth-order valence-electron chi connectivity index (χ4n) is 2.99. The lowest BCUT2D eigenvalue weighted by molar-refractivity contribution is -0.123. The van der Waals surface area contributed by atoms with E-state index in [2.05, 4.69) is 15.7 Å². The Balaban J connectivity index is 1.62. The Morgan fingerprint density at radius 2 is 1.72 bits per heavy atom. The fraction of sp³-hybridized carbons (Fsp3) is 0.174. The van der Waals surface area contributed by atoms with Crippen molar-refractivity contribution in [2.45, 2.75) is 20.8 Å². The number of ether oxygens (including phenoxy) is 1. The first-order chi connectivity index (χ1) is 15.2. The smallest absolute Gasteiger partial charge is 0.363 e. The quantitative estimate of drug-likeness (QED) is 0.596. The standard InChI is InChI=1S/C23H22N4O5/c1-14-9-10-18(15(2)11-14)24-23(31)25-20(29)13-32-22(30)21-19(28)12-16(3)27(26-21)17-7-5-4-6-8-17/h4-12H,13H2,1-3H3,(H2,24,25,29,31). The third-order valence-corrected chi connectivity index (χ3v) is 4.52. The Hall–Kier alpha value is -4.27. The summed E-state index contributed by atoms with van der Waals surface area (Å²) >= 11 is 0. The van der Waals surface area contributed by atoms with E-state index in [-0.39, 0.29) is 0 Å². The van der Waals surface area contributed by atoms with Crippen LogP contribution in [0.1, 0.15) is 27.3 Å². The zero-order valence-corrected chi connectivity index (χ0v) is 17.8. The maximum atomic E-state index is 12.3. The van der Waals surface area contributed by atoms with Crippen molar-refractivity contribution < 1.29 is 19.1 Å². The van der Waals surface area contributed by atoms with Gasteiger partial charge in [0.05, 0.1) is 5.69 Å². The second-order valence-electron chi connectivity index (χ2n) is 7.14. The maximum Gasteiger partial charge on any atom is 0.363 e. The number of carbonyl (C=O) groups excluding carboxylic acids is 3. The molecule has 9 heteroatoms. The highest BCUT2D eigenvalue weighted by atomic mass is 16.5.